The van der Waals surface area contributed by atoms with E-state index in [9.17, 15) is 4.39 Å². The molecule has 0 amide bonds. The normalized spacial score (nSPS) is 20.8. The molecule has 1 saturated heterocycles. The first-order chi connectivity index (χ1) is 7.25. The van der Waals surface area contributed by atoms with Crippen LogP contribution in [0.2, 0.25) is 5.02 Å². The zero-order valence-corrected chi connectivity index (χ0v) is 9.36. The van der Waals surface area contributed by atoms with Gasteiger partial charge in [-0.05, 0) is 49.9 Å². The molecule has 0 bridgehead atoms. The highest BCUT2D eigenvalue weighted by Crippen LogP contribution is 2.20. The molecule has 0 saturated carbocycles. The maximum atomic E-state index is 12.8. The van der Waals surface area contributed by atoms with Crippen molar-refractivity contribution in [1.82, 2.24) is 5.32 Å². The van der Waals surface area contributed by atoms with Crippen molar-refractivity contribution in [1.29, 1.82) is 0 Å². The molecule has 0 spiro atoms. The Labute approximate surface area is 94.6 Å². The fourth-order valence-electron chi connectivity index (χ4n) is 2.06. The third-order valence-electron chi connectivity index (χ3n) is 2.94. The van der Waals surface area contributed by atoms with Crippen molar-refractivity contribution >= 4 is 11.6 Å². The lowest BCUT2D eigenvalue weighted by atomic mass is 10.0. The van der Waals surface area contributed by atoms with E-state index in [0.717, 1.165) is 24.9 Å². The van der Waals surface area contributed by atoms with Gasteiger partial charge in [0.15, 0.2) is 0 Å². The van der Waals surface area contributed by atoms with Crippen molar-refractivity contribution in [2.75, 3.05) is 6.54 Å². The number of aryl methyl sites for hydroxylation is 1. The minimum Gasteiger partial charge on any atom is -0.314 e. The van der Waals surface area contributed by atoms with Gasteiger partial charge in [-0.25, -0.2) is 4.39 Å². The summed E-state index contributed by atoms with van der Waals surface area (Å²) >= 11 is 5.95. The van der Waals surface area contributed by atoms with Crippen LogP contribution in [0.3, 0.4) is 0 Å². The summed E-state index contributed by atoms with van der Waals surface area (Å²) in [5, 5.41) is 3.99. The lowest BCUT2D eigenvalue weighted by Crippen LogP contribution is -2.21. The first-order valence-corrected chi connectivity index (χ1v) is 5.81. The molecule has 0 aromatic heterocycles. The van der Waals surface area contributed by atoms with Crippen LogP contribution in [0.1, 0.15) is 24.8 Å². The van der Waals surface area contributed by atoms with E-state index in [-0.39, 0.29) is 5.82 Å². The van der Waals surface area contributed by atoms with Crippen LogP contribution >= 0.6 is 11.6 Å². The highest BCUT2D eigenvalue weighted by molar-refractivity contribution is 6.31. The minimum atomic E-state index is -0.261. The maximum Gasteiger partial charge on any atom is 0.124 e. The monoisotopic (exact) mass is 227 g/mol. The smallest absolute Gasteiger partial charge is 0.124 e. The standard InChI is InChI=1S/C12H15ClFN/c13-12-8-10(14)5-3-9(12)4-6-11-2-1-7-15-11/h3,5,8,11,15H,1-2,4,6-7H2. The Hall–Kier alpha value is -0.600. The molecule has 1 unspecified atom stereocenters. The number of rotatable bonds is 3. The van der Waals surface area contributed by atoms with Crippen molar-refractivity contribution in [3.8, 4) is 0 Å². The van der Waals surface area contributed by atoms with E-state index in [4.69, 9.17) is 11.6 Å². The van der Waals surface area contributed by atoms with Crippen molar-refractivity contribution < 1.29 is 4.39 Å². The van der Waals surface area contributed by atoms with Gasteiger partial charge in [-0.2, -0.15) is 0 Å². The third kappa shape index (κ3) is 2.93. The molecule has 2 rings (SSSR count). The van der Waals surface area contributed by atoms with E-state index in [1.807, 2.05) is 0 Å². The fourth-order valence-corrected chi connectivity index (χ4v) is 2.32. The van der Waals surface area contributed by atoms with Gasteiger partial charge < -0.3 is 5.32 Å². The molecule has 0 aliphatic carbocycles. The van der Waals surface area contributed by atoms with E-state index in [1.54, 1.807) is 6.07 Å². The van der Waals surface area contributed by atoms with Crippen LogP contribution in [0, 0.1) is 5.82 Å². The summed E-state index contributed by atoms with van der Waals surface area (Å²) in [5.41, 5.74) is 1.05. The van der Waals surface area contributed by atoms with Crippen molar-refractivity contribution in [3.63, 3.8) is 0 Å². The lowest BCUT2D eigenvalue weighted by molar-refractivity contribution is 0.558. The molecule has 1 aliphatic heterocycles. The Balaban J connectivity index is 1.92. The summed E-state index contributed by atoms with van der Waals surface area (Å²) in [6.45, 7) is 1.13. The quantitative estimate of drug-likeness (QED) is 0.837. The van der Waals surface area contributed by atoms with E-state index < -0.39 is 0 Å². The highest BCUT2D eigenvalue weighted by Gasteiger charge is 2.14. The molecule has 15 heavy (non-hydrogen) atoms. The Bertz CT molecular complexity index is 334. The fraction of sp³-hybridized carbons (Fsp3) is 0.500. The maximum absolute atomic E-state index is 12.8. The lowest BCUT2D eigenvalue weighted by Gasteiger charge is -2.10. The molecule has 1 heterocycles. The first-order valence-electron chi connectivity index (χ1n) is 5.43. The van der Waals surface area contributed by atoms with Gasteiger partial charge in [0.25, 0.3) is 0 Å². The molecule has 1 atom stereocenters. The third-order valence-corrected chi connectivity index (χ3v) is 3.29. The topological polar surface area (TPSA) is 12.0 Å². The molecule has 1 fully saturated rings. The van der Waals surface area contributed by atoms with E-state index >= 15 is 0 Å². The number of hydrogen-bond donors (Lipinski definition) is 1. The molecule has 1 N–H and O–H groups in total. The van der Waals surface area contributed by atoms with Crippen LogP contribution in [0.25, 0.3) is 0 Å². The number of halogens is 2. The molecule has 1 aliphatic rings. The van der Waals surface area contributed by atoms with Crippen LogP contribution in [-0.2, 0) is 6.42 Å². The van der Waals surface area contributed by atoms with Gasteiger partial charge in [-0.15, -0.1) is 0 Å². The zero-order chi connectivity index (χ0) is 10.7. The Morgan fingerprint density at radius 3 is 3.00 bits per heavy atom. The average Bonchev–Trinajstić information content (AvgIpc) is 2.69. The van der Waals surface area contributed by atoms with Gasteiger partial charge in [0.2, 0.25) is 0 Å². The Morgan fingerprint density at radius 2 is 2.33 bits per heavy atom. The van der Waals surface area contributed by atoms with Crippen LogP contribution in [-0.4, -0.2) is 12.6 Å². The summed E-state index contributed by atoms with van der Waals surface area (Å²) < 4.78 is 12.8. The van der Waals surface area contributed by atoms with Crippen molar-refractivity contribution in [2.45, 2.75) is 31.7 Å². The molecular formula is C12H15ClFN. The van der Waals surface area contributed by atoms with Crippen LogP contribution in [0.4, 0.5) is 4.39 Å². The predicted molar refractivity (Wildman–Crippen MR) is 60.8 cm³/mol. The van der Waals surface area contributed by atoms with E-state index in [0.29, 0.717) is 11.1 Å². The van der Waals surface area contributed by atoms with Gasteiger partial charge in [0.05, 0.1) is 0 Å². The number of hydrogen-bond acceptors (Lipinski definition) is 1. The van der Waals surface area contributed by atoms with Gasteiger partial charge in [-0.3, -0.25) is 0 Å². The average molecular weight is 228 g/mol. The van der Waals surface area contributed by atoms with Crippen LogP contribution < -0.4 is 5.32 Å². The summed E-state index contributed by atoms with van der Waals surface area (Å²) in [6, 6.07) is 5.26. The molecule has 1 aromatic rings. The molecule has 0 radical (unpaired) electrons. The van der Waals surface area contributed by atoms with Crippen molar-refractivity contribution in [2.24, 2.45) is 0 Å². The first kappa shape index (κ1) is 10.9. The molecule has 1 nitrogen and oxygen atoms in total. The molecule has 1 aromatic carbocycles. The molecule has 82 valence electrons. The van der Waals surface area contributed by atoms with Crippen LogP contribution in [0.5, 0.6) is 0 Å². The molecular weight excluding hydrogens is 213 g/mol. The van der Waals surface area contributed by atoms with Gasteiger partial charge in [0, 0.05) is 11.1 Å². The van der Waals surface area contributed by atoms with E-state index in [1.165, 1.54) is 25.0 Å². The predicted octanol–water partition coefficient (Wildman–Crippen LogP) is 3.16. The second kappa shape index (κ2) is 4.95. The summed E-state index contributed by atoms with van der Waals surface area (Å²) in [7, 11) is 0. The highest BCUT2D eigenvalue weighted by atomic mass is 35.5. The zero-order valence-electron chi connectivity index (χ0n) is 8.60. The number of nitrogens with one attached hydrogen (secondary N) is 1. The van der Waals surface area contributed by atoms with Crippen LogP contribution in [0.15, 0.2) is 18.2 Å². The van der Waals surface area contributed by atoms with Gasteiger partial charge >= 0.3 is 0 Å². The van der Waals surface area contributed by atoms with Gasteiger partial charge in [0.1, 0.15) is 5.82 Å². The van der Waals surface area contributed by atoms with Gasteiger partial charge in [-0.1, -0.05) is 17.7 Å². The van der Waals surface area contributed by atoms with Crippen molar-refractivity contribution in [3.05, 3.63) is 34.6 Å². The summed E-state index contributed by atoms with van der Waals surface area (Å²) in [6.07, 6.45) is 4.53. The summed E-state index contributed by atoms with van der Waals surface area (Å²) in [4.78, 5) is 0. The number of benzene rings is 1. The summed E-state index contributed by atoms with van der Waals surface area (Å²) in [5.74, 6) is -0.261. The second-order valence-electron chi connectivity index (χ2n) is 4.07. The second-order valence-corrected chi connectivity index (χ2v) is 4.47. The largest absolute Gasteiger partial charge is 0.314 e. The van der Waals surface area contributed by atoms with E-state index in [2.05, 4.69) is 5.32 Å². The SMILES string of the molecule is Fc1ccc(CCC2CCCN2)c(Cl)c1. The molecule has 3 heteroatoms. The Morgan fingerprint density at radius 1 is 1.47 bits per heavy atom. The minimum absolute atomic E-state index is 0.261. The Kier molecular flexibility index (Phi) is 3.60.